The average Bonchev–Trinajstić information content (AvgIpc) is 2.68. The largest absolute Gasteiger partial charge is 0.501 e. The predicted octanol–water partition coefficient (Wildman–Crippen LogP) is 4.85. The molecular weight excluding hydrogens is 360 g/mol. The zero-order valence-electron chi connectivity index (χ0n) is 17.1. The van der Waals surface area contributed by atoms with Gasteiger partial charge in [0.2, 0.25) is 5.79 Å². The molecule has 5 nitrogen and oxygen atoms in total. The van der Waals surface area contributed by atoms with E-state index in [-0.39, 0.29) is 5.79 Å². The molecule has 0 amide bonds. The van der Waals surface area contributed by atoms with Crippen LogP contribution in [0.1, 0.15) is 64.0 Å². The van der Waals surface area contributed by atoms with Crippen molar-refractivity contribution in [3.05, 3.63) is 29.3 Å². The van der Waals surface area contributed by atoms with Gasteiger partial charge in [0.05, 0.1) is 6.61 Å². The Balaban J connectivity index is 1.66. The van der Waals surface area contributed by atoms with Crippen molar-refractivity contribution in [2.75, 3.05) is 19.8 Å². The lowest BCUT2D eigenvalue weighted by Gasteiger charge is -2.41. The standard InChI is InChI=1S/C21H34O5Si/c1-4-23-27(24-5-2,25-6-3)15-12-18-10-11-20-19(16-18)17-22-21(26-20)13-8-7-9-14-21/h10-11,16H,4-9,12-15,17H2,1-3H3. The van der Waals surface area contributed by atoms with Gasteiger partial charge in [0, 0.05) is 44.3 Å². The molecule has 152 valence electrons. The van der Waals surface area contributed by atoms with Crippen LogP contribution in [0.2, 0.25) is 6.04 Å². The van der Waals surface area contributed by atoms with Crippen molar-refractivity contribution in [1.82, 2.24) is 0 Å². The van der Waals surface area contributed by atoms with Crippen LogP contribution >= 0.6 is 0 Å². The highest BCUT2D eigenvalue weighted by Crippen LogP contribution is 2.40. The third-order valence-corrected chi connectivity index (χ3v) is 8.39. The maximum absolute atomic E-state index is 6.29. The van der Waals surface area contributed by atoms with Gasteiger partial charge >= 0.3 is 8.80 Å². The summed E-state index contributed by atoms with van der Waals surface area (Å²) in [6.07, 6.45) is 6.52. The van der Waals surface area contributed by atoms with E-state index in [2.05, 4.69) is 18.2 Å². The Morgan fingerprint density at radius 2 is 1.63 bits per heavy atom. The Kier molecular flexibility index (Phi) is 7.33. The first kappa shape index (κ1) is 20.8. The van der Waals surface area contributed by atoms with Gasteiger partial charge in [-0.25, -0.2) is 0 Å². The van der Waals surface area contributed by atoms with E-state index in [1.807, 2.05) is 20.8 Å². The molecule has 1 aliphatic heterocycles. The van der Waals surface area contributed by atoms with Gasteiger partial charge in [-0.1, -0.05) is 12.5 Å². The minimum atomic E-state index is -2.61. The Hall–Kier alpha value is -0.923. The summed E-state index contributed by atoms with van der Waals surface area (Å²) >= 11 is 0. The van der Waals surface area contributed by atoms with E-state index in [1.165, 1.54) is 24.8 Å². The molecule has 1 spiro atoms. The lowest BCUT2D eigenvalue weighted by molar-refractivity contribution is -0.222. The van der Waals surface area contributed by atoms with E-state index >= 15 is 0 Å². The number of ether oxygens (including phenoxy) is 2. The minimum absolute atomic E-state index is 0.381. The molecule has 27 heavy (non-hydrogen) atoms. The molecule has 0 saturated heterocycles. The number of rotatable bonds is 9. The van der Waals surface area contributed by atoms with E-state index in [9.17, 15) is 0 Å². The first-order valence-corrected chi connectivity index (χ1v) is 12.4. The Labute approximate surface area is 164 Å². The fraction of sp³-hybridized carbons (Fsp3) is 0.714. The maximum Gasteiger partial charge on any atom is 0.501 e. The monoisotopic (exact) mass is 394 g/mol. The summed E-state index contributed by atoms with van der Waals surface area (Å²) in [7, 11) is -2.61. The van der Waals surface area contributed by atoms with Crippen LogP contribution in [0.5, 0.6) is 5.75 Å². The molecule has 1 aromatic rings. The number of hydrogen-bond acceptors (Lipinski definition) is 5. The highest BCUT2D eigenvalue weighted by atomic mass is 28.4. The van der Waals surface area contributed by atoms with Crippen LogP contribution in [0.15, 0.2) is 18.2 Å². The van der Waals surface area contributed by atoms with E-state index in [0.717, 1.165) is 36.6 Å². The topological polar surface area (TPSA) is 46.2 Å². The SMILES string of the molecule is CCO[Si](CCc1ccc2c(c1)COC1(CCCCC1)O2)(OCC)OCC. The fourth-order valence-corrected chi connectivity index (χ4v) is 6.67. The maximum atomic E-state index is 6.29. The van der Waals surface area contributed by atoms with Crippen molar-refractivity contribution < 1.29 is 22.8 Å². The van der Waals surface area contributed by atoms with Crippen LogP contribution in [0.4, 0.5) is 0 Å². The molecule has 1 aromatic carbocycles. The first-order valence-electron chi connectivity index (χ1n) is 10.5. The van der Waals surface area contributed by atoms with Gasteiger partial charge in [-0.15, -0.1) is 0 Å². The van der Waals surface area contributed by atoms with Crippen molar-refractivity contribution in [1.29, 1.82) is 0 Å². The number of hydrogen-bond donors (Lipinski definition) is 0. The summed E-state index contributed by atoms with van der Waals surface area (Å²) < 4.78 is 30.3. The number of aryl methyl sites for hydroxylation is 1. The molecule has 0 unspecified atom stereocenters. The molecule has 1 heterocycles. The Bertz CT molecular complexity index is 583. The van der Waals surface area contributed by atoms with E-state index in [1.54, 1.807) is 0 Å². The minimum Gasteiger partial charge on any atom is -0.462 e. The number of benzene rings is 1. The third kappa shape index (κ3) is 5.12. The Morgan fingerprint density at radius 1 is 0.963 bits per heavy atom. The van der Waals surface area contributed by atoms with Crippen LogP contribution in [-0.4, -0.2) is 34.4 Å². The smallest absolute Gasteiger partial charge is 0.462 e. The third-order valence-electron chi connectivity index (χ3n) is 5.34. The molecule has 1 fully saturated rings. The Morgan fingerprint density at radius 3 is 2.26 bits per heavy atom. The van der Waals surface area contributed by atoms with Crippen LogP contribution in [0, 0.1) is 0 Å². The molecule has 1 aliphatic carbocycles. The average molecular weight is 395 g/mol. The van der Waals surface area contributed by atoms with Crippen molar-refractivity contribution in [3.63, 3.8) is 0 Å². The lowest BCUT2D eigenvalue weighted by Crippen LogP contribution is -2.46. The molecule has 2 aliphatic rings. The highest BCUT2D eigenvalue weighted by molar-refractivity contribution is 6.60. The summed E-state index contributed by atoms with van der Waals surface area (Å²) in [4.78, 5) is 0. The van der Waals surface area contributed by atoms with Crippen molar-refractivity contribution in [2.24, 2.45) is 0 Å². The van der Waals surface area contributed by atoms with Crippen molar-refractivity contribution in [2.45, 2.75) is 77.7 Å². The van der Waals surface area contributed by atoms with Gasteiger partial charge in [-0.05, 0) is 57.7 Å². The molecule has 0 atom stereocenters. The summed E-state index contributed by atoms with van der Waals surface area (Å²) in [5.74, 6) is 0.600. The second kappa shape index (κ2) is 9.52. The molecule has 0 aromatic heterocycles. The van der Waals surface area contributed by atoms with E-state index < -0.39 is 8.80 Å². The molecular formula is C21H34O5Si. The van der Waals surface area contributed by atoms with Gasteiger partial charge in [0.15, 0.2) is 0 Å². The lowest BCUT2D eigenvalue weighted by atomic mass is 9.93. The second-order valence-corrected chi connectivity index (χ2v) is 10.0. The van der Waals surface area contributed by atoms with E-state index in [4.69, 9.17) is 22.8 Å². The van der Waals surface area contributed by atoms with Gasteiger partial charge in [-0.2, -0.15) is 0 Å². The van der Waals surface area contributed by atoms with Crippen LogP contribution in [0.25, 0.3) is 0 Å². The quantitative estimate of drug-likeness (QED) is 0.561. The fourth-order valence-electron chi connectivity index (χ4n) is 4.08. The molecule has 0 radical (unpaired) electrons. The van der Waals surface area contributed by atoms with Crippen LogP contribution in [0.3, 0.4) is 0 Å². The normalized spacial score (nSPS) is 18.9. The van der Waals surface area contributed by atoms with E-state index in [0.29, 0.717) is 26.4 Å². The zero-order chi connectivity index (χ0) is 19.2. The van der Waals surface area contributed by atoms with Crippen LogP contribution < -0.4 is 4.74 Å². The van der Waals surface area contributed by atoms with Crippen molar-refractivity contribution >= 4 is 8.80 Å². The van der Waals surface area contributed by atoms with Crippen LogP contribution in [-0.2, 0) is 31.0 Å². The molecule has 6 heteroatoms. The first-order chi connectivity index (χ1) is 13.1. The van der Waals surface area contributed by atoms with Gasteiger partial charge in [-0.3, -0.25) is 0 Å². The summed E-state index contributed by atoms with van der Waals surface area (Å²) in [5.41, 5.74) is 2.39. The highest BCUT2D eigenvalue weighted by Gasteiger charge is 2.41. The molecule has 0 bridgehead atoms. The predicted molar refractivity (Wildman–Crippen MR) is 107 cm³/mol. The molecule has 1 saturated carbocycles. The summed E-state index contributed by atoms with van der Waals surface area (Å²) in [5, 5.41) is 0. The molecule has 3 rings (SSSR count). The number of fused-ring (bicyclic) bond motifs is 1. The molecule has 0 N–H and O–H groups in total. The second-order valence-electron chi connectivity index (χ2n) is 7.29. The summed E-state index contributed by atoms with van der Waals surface area (Å²) in [6.45, 7) is 8.45. The van der Waals surface area contributed by atoms with Gasteiger partial charge < -0.3 is 22.8 Å². The van der Waals surface area contributed by atoms with Gasteiger partial charge in [0.25, 0.3) is 0 Å². The summed E-state index contributed by atoms with van der Waals surface area (Å²) in [6, 6.07) is 7.25. The zero-order valence-corrected chi connectivity index (χ0v) is 18.1. The van der Waals surface area contributed by atoms with Crippen molar-refractivity contribution in [3.8, 4) is 5.75 Å². The van der Waals surface area contributed by atoms with Gasteiger partial charge in [0.1, 0.15) is 5.75 Å².